The lowest BCUT2D eigenvalue weighted by Crippen LogP contribution is -2.45. The average Bonchev–Trinajstić information content (AvgIpc) is 3.15. The molecule has 7 nitrogen and oxygen atoms in total. The topological polar surface area (TPSA) is 87.7 Å². The quantitative estimate of drug-likeness (QED) is 0.673. The van der Waals surface area contributed by atoms with Crippen LogP contribution in [0.4, 0.5) is 11.4 Å². The maximum atomic E-state index is 12.7. The first-order valence-corrected chi connectivity index (χ1v) is 11.4. The van der Waals surface area contributed by atoms with E-state index in [1.54, 1.807) is 41.3 Å². The van der Waals surface area contributed by atoms with Crippen LogP contribution in [0.3, 0.4) is 0 Å². The molecule has 29 heavy (non-hydrogen) atoms. The lowest BCUT2D eigenvalue weighted by Gasteiger charge is -2.27. The van der Waals surface area contributed by atoms with Crippen LogP contribution in [0.25, 0.3) is 0 Å². The van der Waals surface area contributed by atoms with Gasteiger partial charge in [-0.15, -0.1) is 11.3 Å². The molecule has 0 bridgehead atoms. The zero-order chi connectivity index (χ0) is 20.8. The Morgan fingerprint density at radius 1 is 1.28 bits per heavy atom. The molecule has 3 rings (SSSR count). The Bertz CT molecular complexity index is 888. The van der Waals surface area contributed by atoms with E-state index in [0.29, 0.717) is 33.8 Å². The lowest BCUT2D eigenvalue weighted by molar-refractivity contribution is -0.125. The van der Waals surface area contributed by atoms with Gasteiger partial charge in [0.1, 0.15) is 12.6 Å². The van der Waals surface area contributed by atoms with Crippen molar-refractivity contribution in [2.75, 3.05) is 42.0 Å². The largest absolute Gasteiger partial charge is 0.370 e. The molecular weight excluding hydrogens is 434 g/mol. The SMILES string of the molecule is CSC[C@@H](NC(=O)c1ccc(Cl)s1)C(=O)Nc1ccc(N2CCOCC2=O)cc1. The van der Waals surface area contributed by atoms with Gasteiger partial charge in [-0.1, -0.05) is 11.6 Å². The second-order valence-corrected chi connectivity index (χ2v) is 8.85. The van der Waals surface area contributed by atoms with E-state index in [2.05, 4.69) is 10.6 Å². The Balaban J connectivity index is 1.63. The number of amides is 3. The van der Waals surface area contributed by atoms with Crippen molar-refractivity contribution in [3.05, 3.63) is 45.6 Å². The minimum Gasteiger partial charge on any atom is -0.370 e. The molecule has 0 aliphatic carbocycles. The second kappa shape index (κ2) is 10.1. The van der Waals surface area contributed by atoms with E-state index in [-0.39, 0.29) is 24.3 Å². The normalized spacial score (nSPS) is 15.1. The molecule has 0 saturated carbocycles. The van der Waals surface area contributed by atoms with Crippen LogP contribution in [0.2, 0.25) is 4.34 Å². The first-order valence-electron chi connectivity index (χ1n) is 8.82. The molecule has 0 spiro atoms. The van der Waals surface area contributed by atoms with Crippen molar-refractivity contribution < 1.29 is 19.1 Å². The van der Waals surface area contributed by atoms with E-state index < -0.39 is 6.04 Å². The zero-order valence-corrected chi connectivity index (χ0v) is 18.0. The third-order valence-electron chi connectivity index (χ3n) is 4.18. The Kier molecular flexibility index (Phi) is 7.54. The number of hydrogen-bond acceptors (Lipinski definition) is 6. The second-order valence-electron chi connectivity index (χ2n) is 6.22. The zero-order valence-electron chi connectivity index (χ0n) is 15.6. The molecule has 1 aromatic heterocycles. The van der Waals surface area contributed by atoms with Crippen LogP contribution in [0.5, 0.6) is 0 Å². The molecule has 1 saturated heterocycles. The summed E-state index contributed by atoms with van der Waals surface area (Å²) < 4.78 is 5.65. The van der Waals surface area contributed by atoms with Crippen molar-refractivity contribution >= 4 is 63.8 Å². The van der Waals surface area contributed by atoms with Gasteiger partial charge >= 0.3 is 0 Å². The summed E-state index contributed by atoms with van der Waals surface area (Å²) in [5, 5.41) is 5.56. The number of halogens is 1. The van der Waals surface area contributed by atoms with E-state index in [1.165, 1.54) is 11.8 Å². The predicted octanol–water partition coefficient (Wildman–Crippen LogP) is 2.86. The van der Waals surface area contributed by atoms with Gasteiger partial charge in [0.2, 0.25) is 5.91 Å². The number of nitrogens with zero attached hydrogens (tertiary/aromatic N) is 1. The number of hydrogen-bond donors (Lipinski definition) is 2. The molecule has 2 heterocycles. The van der Waals surface area contributed by atoms with Crippen LogP contribution in [0, 0.1) is 0 Å². The molecule has 1 aliphatic rings. The van der Waals surface area contributed by atoms with Crippen molar-refractivity contribution in [3.8, 4) is 0 Å². The molecule has 154 valence electrons. The number of benzene rings is 1. The molecule has 1 atom stereocenters. The third kappa shape index (κ3) is 5.72. The van der Waals surface area contributed by atoms with Crippen molar-refractivity contribution in [2.45, 2.75) is 6.04 Å². The monoisotopic (exact) mass is 453 g/mol. The summed E-state index contributed by atoms with van der Waals surface area (Å²) in [4.78, 5) is 39.0. The van der Waals surface area contributed by atoms with Gasteiger partial charge in [0.05, 0.1) is 15.8 Å². The van der Waals surface area contributed by atoms with E-state index in [0.717, 1.165) is 17.0 Å². The van der Waals surface area contributed by atoms with Crippen molar-refractivity contribution in [2.24, 2.45) is 0 Å². The fraction of sp³-hybridized carbons (Fsp3) is 0.316. The van der Waals surface area contributed by atoms with Gasteiger partial charge in [-0.25, -0.2) is 0 Å². The Labute approximate surface area is 181 Å². The Morgan fingerprint density at radius 3 is 2.66 bits per heavy atom. The maximum absolute atomic E-state index is 12.7. The van der Waals surface area contributed by atoms with E-state index >= 15 is 0 Å². The first kappa shape index (κ1) is 21.6. The molecule has 10 heteroatoms. The summed E-state index contributed by atoms with van der Waals surface area (Å²) in [5.74, 6) is -0.316. The van der Waals surface area contributed by atoms with Crippen molar-refractivity contribution in [1.82, 2.24) is 5.32 Å². The van der Waals surface area contributed by atoms with Crippen LogP contribution in [-0.2, 0) is 14.3 Å². The van der Waals surface area contributed by atoms with Crippen molar-refractivity contribution in [3.63, 3.8) is 0 Å². The molecule has 0 unspecified atom stereocenters. The lowest BCUT2D eigenvalue weighted by atomic mass is 10.2. The van der Waals surface area contributed by atoms with Crippen LogP contribution in [-0.4, -0.2) is 55.5 Å². The van der Waals surface area contributed by atoms with Gasteiger partial charge in [-0.2, -0.15) is 11.8 Å². The number of ether oxygens (including phenoxy) is 1. The standard InChI is InChI=1S/C19H20ClN3O4S2/c1-28-11-14(22-19(26)15-6-7-16(20)29-15)18(25)21-12-2-4-13(5-3-12)23-8-9-27-10-17(23)24/h2-7,14H,8-11H2,1H3,(H,21,25)(H,22,26)/t14-/m1/s1. The molecular formula is C19H20ClN3O4S2. The number of thioether (sulfide) groups is 1. The number of morpholine rings is 1. The van der Waals surface area contributed by atoms with Crippen LogP contribution in [0.1, 0.15) is 9.67 Å². The summed E-state index contributed by atoms with van der Waals surface area (Å²) in [6.07, 6.45) is 1.86. The highest BCUT2D eigenvalue weighted by Crippen LogP contribution is 2.22. The first-order chi connectivity index (χ1) is 14.0. The maximum Gasteiger partial charge on any atom is 0.262 e. The van der Waals surface area contributed by atoms with Crippen LogP contribution >= 0.6 is 34.7 Å². The van der Waals surface area contributed by atoms with Gasteiger partial charge in [0.15, 0.2) is 0 Å². The molecule has 1 aliphatic heterocycles. The van der Waals surface area contributed by atoms with Gasteiger partial charge < -0.3 is 20.3 Å². The molecule has 0 radical (unpaired) electrons. The van der Waals surface area contributed by atoms with E-state index in [1.807, 2.05) is 6.26 Å². The Hall–Kier alpha value is -2.07. The highest BCUT2D eigenvalue weighted by molar-refractivity contribution is 7.98. The molecule has 1 fully saturated rings. The number of nitrogens with one attached hydrogen (secondary N) is 2. The fourth-order valence-electron chi connectivity index (χ4n) is 2.76. The minimum atomic E-state index is -0.695. The predicted molar refractivity (Wildman–Crippen MR) is 117 cm³/mol. The van der Waals surface area contributed by atoms with E-state index in [9.17, 15) is 14.4 Å². The summed E-state index contributed by atoms with van der Waals surface area (Å²) >= 11 is 8.49. The molecule has 1 aromatic carbocycles. The van der Waals surface area contributed by atoms with Crippen LogP contribution < -0.4 is 15.5 Å². The average molecular weight is 454 g/mol. The number of anilines is 2. The van der Waals surface area contributed by atoms with Gasteiger partial charge in [-0.3, -0.25) is 14.4 Å². The van der Waals surface area contributed by atoms with Gasteiger partial charge in [-0.05, 0) is 42.7 Å². The number of thiophene rings is 1. The number of rotatable bonds is 7. The van der Waals surface area contributed by atoms with Crippen LogP contribution in [0.15, 0.2) is 36.4 Å². The summed E-state index contributed by atoms with van der Waals surface area (Å²) in [5.41, 5.74) is 1.33. The summed E-state index contributed by atoms with van der Waals surface area (Å²) in [6, 6.07) is 9.58. The smallest absolute Gasteiger partial charge is 0.262 e. The highest BCUT2D eigenvalue weighted by atomic mass is 35.5. The summed E-state index contributed by atoms with van der Waals surface area (Å²) in [6.45, 7) is 1.07. The molecule has 2 aromatic rings. The number of carbonyl (C=O) groups excluding carboxylic acids is 3. The molecule has 3 amide bonds. The summed E-state index contributed by atoms with van der Waals surface area (Å²) in [7, 11) is 0. The number of carbonyl (C=O) groups is 3. The third-order valence-corrected chi connectivity index (χ3v) is 6.08. The Morgan fingerprint density at radius 2 is 2.03 bits per heavy atom. The van der Waals surface area contributed by atoms with Gasteiger partial charge in [0.25, 0.3) is 11.8 Å². The molecule has 2 N–H and O–H groups in total. The van der Waals surface area contributed by atoms with Gasteiger partial charge in [0, 0.05) is 23.7 Å². The fourth-order valence-corrected chi connectivity index (χ4v) is 4.27. The van der Waals surface area contributed by atoms with E-state index in [4.69, 9.17) is 16.3 Å². The minimum absolute atomic E-state index is 0.0734. The highest BCUT2D eigenvalue weighted by Gasteiger charge is 2.23. The van der Waals surface area contributed by atoms with Crippen molar-refractivity contribution in [1.29, 1.82) is 0 Å².